The number of thiocarbonyl (C=S) groups is 1. The number of fused-ring (bicyclic) bond motifs is 2. The van der Waals surface area contributed by atoms with E-state index in [1.165, 1.54) is 18.4 Å². The Hall–Kier alpha value is -2.26. The summed E-state index contributed by atoms with van der Waals surface area (Å²) in [5.74, 6) is 0.0635. The van der Waals surface area contributed by atoms with E-state index >= 15 is 0 Å². The lowest BCUT2D eigenvalue weighted by atomic mass is 10.1. The summed E-state index contributed by atoms with van der Waals surface area (Å²) < 4.78 is 7.10. The van der Waals surface area contributed by atoms with Crippen LogP contribution >= 0.6 is 51.1 Å². The Labute approximate surface area is 189 Å². The molecule has 0 saturated carbocycles. The van der Waals surface area contributed by atoms with E-state index in [-0.39, 0.29) is 11.0 Å². The Kier molecular flexibility index (Phi) is 5.69. The van der Waals surface area contributed by atoms with Gasteiger partial charge in [-0.1, -0.05) is 47.2 Å². The Morgan fingerprint density at radius 2 is 2.03 bits per heavy atom. The molecule has 0 bridgehead atoms. The van der Waals surface area contributed by atoms with Crippen LogP contribution in [-0.2, 0) is 0 Å². The van der Waals surface area contributed by atoms with Gasteiger partial charge in [0.1, 0.15) is 5.75 Å². The molecule has 146 valence electrons. The highest BCUT2D eigenvalue weighted by molar-refractivity contribution is 9.10. The second-order valence-electron chi connectivity index (χ2n) is 6.03. The second kappa shape index (κ2) is 8.23. The van der Waals surface area contributed by atoms with E-state index in [9.17, 15) is 4.79 Å². The number of halogens is 2. The number of aromatic nitrogens is 1. The summed E-state index contributed by atoms with van der Waals surface area (Å²) in [6.45, 7) is 0. The first-order valence-electron chi connectivity index (χ1n) is 8.40. The van der Waals surface area contributed by atoms with Gasteiger partial charge in [0.15, 0.2) is 10.2 Å². The smallest absolute Gasteiger partial charge is 0.261 e. The maximum absolute atomic E-state index is 12.9. The zero-order valence-electron chi connectivity index (χ0n) is 15.0. The maximum atomic E-state index is 12.9. The van der Waals surface area contributed by atoms with E-state index < -0.39 is 0 Å². The minimum Gasteiger partial charge on any atom is -0.495 e. The van der Waals surface area contributed by atoms with E-state index in [1.54, 1.807) is 12.1 Å². The van der Waals surface area contributed by atoms with Crippen molar-refractivity contribution in [2.45, 2.75) is 0 Å². The Morgan fingerprint density at radius 3 is 2.83 bits per heavy atom. The average Bonchev–Trinajstić information content (AvgIpc) is 3.08. The molecule has 0 aliphatic carbocycles. The van der Waals surface area contributed by atoms with Gasteiger partial charge in [-0.2, -0.15) is 0 Å². The van der Waals surface area contributed by atoms with Crippen molar-refractivity contribution in [1.29, 1.82) is 0 Å². The molecular formula is C20H13BrClN3O2S2. The highest BCUT2D eigenvalue weighted by Gasteiger charge is 2.19. The molecule has 0 saturated heterocycles. The van der Waals surface area contributed by atoms with Crippen LogP contribution in [-0.4, -0.2) is 23.1 Å². The molecule has 0 aliphatic rings. The van der Waals surface area contributed by atoms with Gasteiger partial charge < -0.3 is 10.1 Å². The average molecular weight is 507 g/mol. The van der Waals surface area contributed by atoms with Crippen LogP contribution in [0.3, 0.4) is 0 Å². The van der Waals surface area contributed by atoms with Crippen LogP contribution in [0.5, 0.6) is 5.75 Å². The van der Waals surface area contributed by atoms with Crippen LogP contribution in [0.4, 0.5) is 5.13 Å². The third-order valence-corrected chi connectivity index (χ3v) is 6.35. The van der Waals surface area contributed by atoms with Crippen molar-refractivity contribution < 1.29 is 9.53 Å². The van der Waals surface area contributed by atoms with Crippen LogP contribution in [0.2, 0.25) is 5.02 Å². The number of amides is 1. The lowest BCUT2D eigenvalue weighted by Gasteiger charge is -2.14. The molecule has 4 aromatic rings. The molecule has 9 heteroatoms. The highest BCUT2D eigenvalue weighted by atomic mass is 79.9. The van der Waals surface area contributed by atoms with Crippen molar-refractivity contribution in [3.05, 3.63) is 63.6 Å². The molecule has 0 unspecified atom stereocenters. The van der Waals surface area contributed by atoms with E-state index in [0.717, 1.165) is 21.0 Å². The van der Waals surface area contributed by atoms with Crippen LogP contribution in [0, 0.1) is 0 Å². The zero-order chi connectivity index (χ0) is 20.5. The number of carbonyl (C=O) groups excluding carboxylic acids is 1. The number of thiazole rings is 1. The first-order valence-corrected chi connectivity index (χ1v) is 10.8. The molecule has 5 nitrogen and oxygen atoms in total. The quantitative estimate of drug-likeness (QED) is 0.334. The van der Waals surface area contributed by atoms with E-state index in [0.29, 0.717) is 25.9 Å². The molecule has 29 heavy (non-hydrogen) atoms. The van der Waals surface area contributed by atoms with Crippen molar-refractivity contribution in [1.82, 2.24) is 10.3 Å². The number of anilines is 1. The number of nitrogens with one attached hydrogen (secondary N) is 2. The van der Waals surface area contributed by atoms with Gasteiger partial charge in [0, 0.05) is 5.02 Å². The van der Waals surface area contributed by atoms with Crippen LogP contribution < -0.4 is 15.4 Å². The molecule has 1 amide bonds. The topological polar surface area (TPSA) is 63.2 Å². The number of carbonyl (C=O) groups is 1. The Morgan fingerprint density at radius 1 is 1.24 bits per heavy atom. The lowest BCUT2D eigenvalue weighted by molar-refractivity contribution is 0.0975. The fraction of sp³-hybridized carbons (Fsp3) is 0.0500. The summed E-state index contributed by atoms with van der Waals surface area (Å²) in [7, 11) is 1.52. The fourth-order valence-corrected chi connectivity index (χ4v) is 5.04. The standard InChI is InChI=1S/C20H13BrClN3O2S2/c1-27-17-13(8-10-4-2-3-5-12(10)16(17)21)18(26)24-19(28)25-20-23-14-7-6-11(22)9-15(14)29-20/h2-9H,1H3,(H2,23,24,25,26,28). The van der Waals surface area contributed by atoms with Gasteiger partial charge >= 0.3 is 0 Å². The third-order valence-electron chi connectivity index (χ3n) is 4.19. The number of methoxy groups -OCH3 is 1. The Balaban J connectivity index is 1.57. The monoisotopic (exact) mass is 505 g/mol. The summed E-state index contributed by atoms with van der Waals surface area (Å²) in [4.78, 5) is 17.3. The second-order valence-corrected chi connectivity index (χ2v) is 8.70. The highest BCUT2D eigenvalue weighted by Crippen LogP contribution is 2.36. The van der Waals surface area contributed by atoms with Gasteiger partial charge in [-0.3, -0.25) is 10.1 Å². The van der Waals surface area contributed by atoms with Crippen molar-refractivity contribution >= 4 is 88.2 Å². The molecule has 0 spiro atoms. The van der Waals surface area contributed by atoms with Crippen LogP contribution in [0.15, 0.2) is 53.0 Å². The summed E-state index contributed by atoms with van der Waals surface area (Å²) in [5, 5.41) is 8.85. The molecule has 1 heterocycles. The Bertz CT molecular complexity index is 1280. The summed E-state index contributed by atoms with van der Waals surface area (Å²) in [6, 6.07) is 14.9. The van der Waals surface area contributed by atoms with E-state index in [1.807, 2.05) is 36.4 Å². The first kappa shape index (κ1) is 20.0. The van der Waals surface area contributed by atoms with Gasteiger partial charge in [0.2, 0.25) is 0 Å². The molecule has 0 fully saturated rings. The summed E-state index contributed by atoms with van der Waals surface area (Å²) in [5.41, 5.74) is 1.18. The molecule has 0 radical (unpaired) electrons. The number of ether oxygens (including phenoxy) is 1. The van der Waals surface area contributed by atoms with Crippen molar-refractivity contribution in [2.75, 3.05) is 12.4 Å². The molecule has 2 N–H and O–H groups in total. The van der Waals surface area contributed by atoms with Gasteiger partial charge in [-0.05, 0) is 63.2 Å². The van der Waals surface area contributed by atoms with E-state index in [4.69, 9.17) is 28.6 Å². The summed E-state index contributed by atoms with van der Waals surface area (Å²) >= 11 is 16.2. The summed E-state index contributed by atoms with van der Waals surface area (Å²) in [6.07, 6.45) is 0. The first-order chi connectivity index (χ1) is 14.0. The van der Waals surface area contributed by atoms with Gasteiger partial charge in [0.25, 0.3) is 5.91 Å². The molecule has 1 aromatic heterocycles. The molecular weight excluding hydrogens is 494 g/mol. The number of rotatable bonds is 3. The number of hydrogen-bond donors (Lipinski definition) is 2. The number of nitrogens with zero attached hydrogens (tertiary/aromatic N) is 1. The van der Waals surface area contributed by atoms with Crippen LogP contribution in [0.25, 0.3) is 21.0 Å². The van der Waals surface area contributed by atoms with E-state index in [2.05, 4.69) is 31.5 Å². The number of benzene rings is 3. The zero-order valence-corrected chi connectivity index (χ0v) is 18.9. The van der Waals surface area contributed by atoms with Crippen molar-refractivity contribution in [3.63, 3.8) is 0 Å². The molecule has 3 aromatic carbocycles. The molecule has 0 atom stereocenters. The normalized spacial score (nSPS) is 10.9. The molecule has 0 aliphatic heterocycles. The SMILES string of the molecule is COc1c(C(=O)NC(=S)Nc2nc3ccc(Cl)cc3s2)cc2ccccc2c1Br. The number of hydrogen-bond acceptors (Lipinski definition) is 5. The van der Waals surface area contributed by atoms with Crippen LogP contribution in [0.1, 0.15) is 10.4 Å². The largest absolute Gasteiger partial charge is 0.495 e. The predicted octanol–water partition coefficient (Wildman–Crippen LogP) is 6.00. The fourth-order valence-electron chi connectivity index (χ4n) is 2.90. The minimum atomic E-state index is -0.380. The van der Waals surface area contributed by atoms with Crippen molar-refractivity contribution in [3.8, 4) is 5.75 Å². The van der Waals surface area contributed by atoms with Gasteiger partial charge in [-0.15, -0.1) is 0 Å². The predicted molar refractivity (Wildman–Crippen MR) is 127 cm³/mol. The minimum absolute atomic E-state index is 0.145. The van der Waals surface area contributed by atoms with Gasteiger partial charge in [-0.25, -0.2) is 4.98 Å². The third kappa shape index (κ3) is 4.06. The van der Waals surface area contributed by atoms with Gasteiger partial charge in [0.05, 0.1) is 27.4 Å². The maximum Gasteiger partial charge on any atom is 0.261 e. The molecule has 4 rings (SSSR count). The van der Waals surface area contributed by atoms with Crippen molar-refractivity contribution in [2.24, 2.45) is 0 Å². The lowest BCUT2D eigenvalue weighted by Crippen LogP contribution is -2.34.